The van der Waals surface area contributed by atoms with Crippen molar-refractivity contribution in [2.45, 2.75) is 31.4 Å². The number of guanidine groups is 1. The first-order chi connectivity index (χ1) is 14.9. The van der Waals surface area contributed by atoms with Gasteiger partial charge in [-0.1, -0.05) is 30.3 Å². The van der Waals surface area contributed by atoms with Crippen LogP contribution in [0.2, 0.25) is 0 Å². The summed E-state index contributed by atoms with van der Waals surface area (Å²) in [5.74, 6) is 0.637. The van der Waals surface area contributed by atoms with E-state index in [1.54, 1.807) is 0 Å². The topological polar surface area (TPSA) is 36.9 Å². The second kappa shape index (κ2) is 9.01. The van der Waals surface area contributed by atoms with Crippen LogP contribution < -0.4 is 5.32 Å². The predicted octanol–water partition coefficient (Wildman–Crippen LogP) is 5.05. The smallest absolute Gasteiger partial charge is 0.374 e. The number of hydrogen-bond donors (Lipinski definition) is 1. The summed E-state index contributed by atoms with van der Waals surface area (Å²) in [5, 5.41) is 3.32. The van der Waals surface area contributed by atoms with E-state index < -0.39 is 35.6 Å². The van der Waals surface area contributed by atoms with Crippen molar-refractivity contribution in [3.63, 3.8) is 0 Å². The largest absolute Gasteiger partial charge is 0.416 e. The molecule has 1 aliphatic rings. The molecule has 32 heavy (non-hydrogen) atoms. The number of alkyl halides is 6. The third-order valence-electron chi connectivity index (χ3n) is 5.12. The standard InChI is InChI=1S/C22H23F6N3O/c1-3-29-19-30-20(13-31(19)2,16-7-5-4-6-8-16)14-32-12-15-9-17(21(23,24)25)11-18(10-15)22(26,27)28/h4-11H,3,12-14H2,1-2H3,(H,29,30). The van der Waals surface area contributed by atoms with E-state index in [0.29, 0.717) is 31.2 Å². The molecule has 2 aromatic rings. The van der Waals surface area contributed by atoms with Crippen LogP contribution in [0.25, 0.3) is 0 Å². The van der Waals surface area contributed by atoms with Crippen LogP contribution in [0.4, 0.5) is 26.3 Å². The Bertz CT molecular complexity index is 926. The van der Waals surface area contributed by atoms with Gasteiger partial charge in [0.1, 0.15) is 5.54 Å². The Kier molecular flexibility index (Phi) is 6.73. The zero-order valence-electron chi connectivity index (χ0n) is 17.5. The summed E-state index contributed by atoms with van der Waals surface area (Å²) in [4.78, 5) is 6.29. The van der Waals surface area contributed by atoms with E-state index in [4.69, 9.17) is 4.74 Å². The molecule has 1 aliphatic heterocycles. The highest BCUT2D eigenvalue weighted by molar-refractivity contribution is 5.83. The minimum Gasteiger partial charge on any atom is -0.374 e. The average molecular weight is 459 g/mol. The minimum atomic E-state index is -4.90. The van der Waals surface area contributed by atoms with Crippen LogP contribution in [0.3, 0.4) is 0 Å². The Labute approximate surface area is 181 Å². The van der Waals surface area contributed by atoms with Crippen molar-refractivity contribution < 1.29 is 31.1 Å². The van der Waals surface area contributed by atoms with Crippen molar-refractivity contribution in [2.24, 2.45) is 4.99 Å². The van der Waals surface area contributed by atoms with Gasteiger partial charge < -0.3 is 15.0 Å². The van der Waals surface area contributed by atoms with Crippen LogP contribution in [0, 0.1) is 0 Å². The molecule has 3 rings (SSSR count). The Hall–Kier alpha value is -2.75. The summed E-state index contributed by atoms with van der Waals surface area (Å²) in [6, 6.07) is 10.8. The van der Waals surface area contributed by atoms with Crippen LogP contribution in [0.15, 0.2) is 53.5 Å². The zero-order chi connectivity index (χ0) is 23.6. The molecular formula is C22H23F6N3O. The SMILES string of the molecule is CCN=C1NC(COCc2cc(C(F)(F)F)cc(C(F)(F)F)c2)(c2ccccc2)CN1C. The van der Waals surface area contributed by atoms with Gasteiger partial charge in [-0.2, -0.15) is 26.3 Å². The van der Waals surface area contributed by atoms with Crippen molar-refractivity contribution in [3.05, 3.63) is 70.8 Å². The first-order valence-corrected chi connectivity index (χ1v) is 9.90. The van der Waals surface area contributed by atoms with Crippen molar-refractivity contribution in [1.82, 2.24) is 10.2 Å². The van der Waals surface area contributed by atoms with Gasteiger partial charge in [-0.05, 0) is 36.2 Å². The number of hydrogen-bond acceptors (Lipinski definition) is 2. The molecule has 0 spiro atoms. The summed E-state index contributed by atoms with van der Waals surface area (Å²) in [5.41, 5.74) is -2.81. The van der Waals surface area contributed by atoms with E-state index in [1.165, 1.54) is 0 Å². The van der Waals surface area contributed by atoms with Crippen molar-refractivity contribution in [2.75, 3.05) is 26.7 Å². The molecule has 0 amide bonds. The molecule has 10 heteroatoms. The molecule has 0 radical (unpaired) electrons. The maximum absolute atomic E-state index is 13.1. The Morgan fingerprint density at radius 2 is 1.59 bits per heavy atom. The van der Waals surface area contributed by atoms with Crippen molar-refractivity contribution in [1.29, 1.82) is 0 Å². The number of nitrogens with zero attached hydrogens (tertiary/aromatic N) is 2. The quantitative estimate of drug-likeness (QED) is 0.615. The molecule has 1 N–H and O–H groups in total. The van der Waals surface area contributed by atoms with E-state index in [2.05, 4.69) is 10.3 Å². The minimum absolute atomic E-state index is 0.0156. The monoisotopic (exact) mass is 459 g/mol. The lowest BCUT2D eigenvalue weighted by atomic mass is 9.91. The summed E-state index contributed by atoms with van der Waals surface area (Å²) in [6.45, 7) is 2.50. The highest BCUT2D eigenvalue weighted by atomic mass is 19.4. The lowest BCUT2D eigenvalue weighted by Crippen LogP contribution is -2.45. The Morgan fingerprint density at radius 1 is 1.00 bits per heavy atom. The van der Waals surface area contributed by atoms with E-state index in [1.807, 2.05) is 49.2 Å². The molecule has 0 aliphatic carbocycles. The van der Waals surface area contributed by atoms with E-state index in [9.17, 15) is 26.3 Å². The highest BCUT2D eigenvalue weighted by Crippen LogP contribution is 2.36. The van der Waals surface area contributed by atoms with Gasteiger partial charge in [0.2, 0.25) is 0 Å². The van der Waals surface area contributed by atoms with Gasteiger partial charge in [0.15, 0.2) is 5.96 Å². The van der Waals surface area contributed by atoms with Crippen LogP contribution in [-0.4, -0.2) is 37.6 Å². The molecule has 1 atom stereocenters. The van der Waals surface area contributed by atoms with E-state index in [-0.39, 0.29) is 18.2 Å². The molecule has 174 valence electrons. The lowest BCUT2D eigenvalue weighted by molar-refractivity contribution is -0.143. The fourth-order valence-electron chi connectivity index (χ4n) is 3.67. The molecule has 4 nitrogen and oxygen atoms in total. The second-order valence-corrected chi connectivity index (χ2v) is 7.63. The summed E-state index contributed by atoms with van der Waals surface area (Å²) < 4.78 is 84.3. The Balaban J connectivity index is 1.85. The second-order valence-electron chi connectivity index (χ2n) is 7.63. The highest BCUT2D eigenvalue weighted by Gasteiger charge is 2.42. The van der Waals surface area contributed by atoms with Gasteiger partial charge in [-0.25, -0.2) is 0 Å². The molecule has 1 fully saturated rings. The lowest BCUT2D eigenvalue weighted by Gasteiger charge is -2.29. The van der Waals surface area contributed by atoms with Gasteiger partial charge >= 0.3 is 12.4 Å². The first-order valence-electron chi connectivity index (χ1n) is 9.90. The zero-order valence-corrected chi connectivity index (χ0v) is 17.5. The van der Waals surface area contributed by atoms with Gasteiger partial charge in [-0.15, -0.1) is 0 Å². The number of rotatable bonds is 6. The van der Waals surface area contributed by atoms with Crippen LogP contribution >= 0.6 is 0 Å². The molecular weight excluding hydrogens is 436 g/mol. The Morgan fingerprint density at radius 3 is 2.12 bits per heavy atom. The maximum atomic E-state index is 13.1. The van der Waals surface area contributed by atoms with Crippen LogP contribution in [0.5, 0.6) is 0 Å². The molecule has 0 bridgehead atoms. The number of benzene rings is 2. The van der Waals surface area contributed by atoms with Crippen molar-refractivity contribution in [3.8, 4) is 0 Å². The van der Waals surface area contributed by atoms with Gasteiger partial charge in [0, 0.05) is 13.6 Å². The van der Waals surface area contributed by atoms with Crippen LogP contribution in [-0.2, 0) is 29.2 Å². The fraction of sp³-hybridized carbons (Fsp3) is 0.409. The van der Waals surface area contributed by atoms with Gasteiger partial charge in [0.25, 0.3) is 0 Å². The fourth-order valence-corrected chi connectivity index (χ4v) is 3.67. The third kappa shape index (κ3) is 5.35. The van der Waals surface area contributed by atoms with Gasteiger partial charge in [0.05, 0.1) is 30.9 Å². The normalized spacial score (nSPS) is 20.6. The van der Waals surface area contributed by atoms with Crippen molar-refractivity contribution >= 4 is 5.96 Å². The maximum Gasteiger partial charge on any atom is 0.416 e. The summed E-state index contributed by atoms with van der Waals surface area (Å²) in [7, 11) is 1.84. The molecule has 1 unspecified atom stereocenters. The number of halogens is 6. The molecule has 0 saturated carbocycles. The molecule has 1 heterocycles. The van der Waals surface area contributed by atoms with Gasteiger partial charge in [-0.3, -0.25) is 4.99 Å². The van der Waals surface area contributed by atoms with Crippen LogP contribution in [0.1, 0.15) is 29.2 Å². The number of aliphatic imine (C=N–C) groups is 1. The summed E-state index contributed by atoms with van der Waals surface area (Å²) in [6.07, 6.45) is -9.80. The first kappa shape index (κ1) is 23.9. The van der Waals surface area contributed by atoms with E-state index >= 15 is 0 Å². The average Bonchev–Trinajstić information content (AvgIpc) is 3.04. The van der Waals surface area contributed by atoms with E-state index in [0.717, 1.165) is 5.56 Å². The molecule has 2 aromatic carbocycles. The third-order valence-corrected chi connectivity index (χ3v) is 5.12. The molecule has 0 aromatic heterocycles. The summed E-state index contributed by atoms with van der Waals surface area (Å²) >= 11 is 0. The predicted molar refractivity (Wildman–Crippen MR) is 108 cm³/mol. The molecule has 1 saturated heterocycles. The number of likely N-dealkylation sites (N-methyl/N-ethyl adjacent to an activating group) is 1. The number of ether oxygens (including phenoxy) is 1. The number of nitrogens with one attached hydrogen (secondary N) is 1.